The van der Waals surface area contributed by atoms with Crippen LogP contribution >= 0.6 is 12.2 Å². The van der Waals surface area contributed by atoms with Gasteiger partial charge in [0, 0.05) is 5.69 Å². The maximum Gasteiger partial charge on any atom is 0.416 e. The van der Waals surface area contributed by atoms with E-state index in [1.165, 1.54) is 17.5 Å². The predicted molar refractivity (Wildman–Crippen MR) is 126 cm³/mol. The maximum absolute atomic E-state index is 12.9. The van der Waals surface area contributed by atoms with Crippen LogP contribution in [0.4, 0.5) is 24.5 Å². The number of rotatable bonds is 4. The van der Waals surface area contributed by atoms with Crippen LogP contribution in [0.25, 0.3) is 10.8 Å². The van der Waals surface area contributed by atoms with Crippen molar-refractivity contribution in [1.29, 1.82) is 0 Å². The van der Waals surface area contributed by atoms with Gasteiger partial charge in [0.2, 0.25) is 0 Å². The van der Waals surface area contributed by atoms with Crippen molar-refractivity contribution in [2.24, 2.45) is 0 Å². The molecule has 0 atom stereocenters. The summed E-state index contributed by atoms with van der Waals surface area (Å²) in [7, 11) is 0. The number of hydrogen-bond acceptors (Lipinski definition) is 2. The monoisotopic (exact) mass is 454 g/mol. The number of aryl methyl sites for hydroxylation is 1. The third-order valence-corrected chi connectivity index (χ3v) is 5.47. The molecule has 0 saturated carbocycles. The normalized spacial score (nSPS) is 11.5. The van der Waals surface area contributed by atoms with Crippen LogP contribution in [-0.2, 0) is 12.7 Å². The molecule has 32 heavy (non-hydrogen) atoms. The second-order valence-electron chi connectivity index (χ2n) is 7.50. The maximum atomic E-state index is 12.9. The zero-order chi connectivity index (χ0) is 22.9. The number of aromatic nitrogens is 2. The fourth-order valence-electron chi connectivity index (χ4n) is 3.67. The van der Waals surface area contributed by atoms with Crippen molar-refractivity contribution >= 4 is 39.5 Å². The zero-order valence-electron chi connectivity index (χ0n) is 17.5. The van der Waals surface area contributed by atoms with Crippen molar-refractivity contribution in [3.63, 3.8) is 0 Å². The van der Waals surface area contributed by atoms with E-state index in [1.807, 2.05) is 36.7 Å². The number of anilines is 2. The van der Waals surface area contributed by atoms with E-state index < -0.39 is 11.7 Å². The summed E-state index contributed by atoms with van der Waals surface area (Å²) in [6.45, 7) is 4.38. The van der Waals surface area contributed by atoms with Gasteiger partial charge in [-0.2, -0.15) is 18.3 Å². The van der Waals surface area contributed by atoms with Gasteiger partial charge in [0.15, 0.2) is 5.11 Å². The highest BCUT2D eigenvalue weighted by molar-refractivity contribution is 7.80. The van der Waals surface area contributed by atoms with Crippen molar-refractivity contribution in [2.75, 3.05) is 10.6 Å². The number of hydrogen-bond donors (Lipinski definition) is 2. The third kappa shape index (κ3) is 4.60. The summed E-state index contributed by atoms with van der Waals surface area (Å²) in [6, 6.07) is 19.3. The smallest absolute Gasteiger partial charge is 0.332 e. The summed E-state index contributed by atoms with van der Waals surface area (Å²) < 4.78 is 40.7. The number of nitrogens with one attached hydrogen (secondary N) is 2. The van der Waals surface area contributed by atoms with E-state index in [2.05, 4.69) is 40.0 Å². The van der Waals surface area contributed by atoms with Crippen molar-refractivity contribution in [3.05, 3.63) is 89.2 Å². The molecule has 4 nitrogen and oxygen atoms in total. The largest absolute Gasteiger partial charge is 0.416 e. The third-order valence-electron chi connectivity index (χ3n) is 5.27. The standard InChI is InChI=1S/C24H21F3N4S/c1-15-22(29-23(32)28-20-11-6-10-19(13-20)24(25,26)27)16(2)31(30-15)14-18-9-5-8-17-7-3-4-12-21(17)18/h3-13H,14H2,1-2H3,(H2,28,29,32). The van der Waals surface area contributed by atoms with Crippen LogP contribution in [0.2, 0.25) is 0 Å². The molecule has 0 fully saturated rings. The van der Waals surface area contributed by atoms with Crippen LogP contribution in [0, 0.1) is 13.8 Å². The van der Waals surface area contributed by atoms with Gasteiger partial charge in [0.1, 0.15) is 0 Å². The van der Waals surface area contributed by atoms with Gasteiger partial charge in [0.05, 0.1) is 29.2 Å². The Labute approximate surface area is 189 Å². The van der Waals surface area contributed by atoms with Crippen LogP contribution < -0.4 is 10.6 Å². The highest BCUT2D eigenvalue weighted by Crippen LogP contribution is 2.31. The quantitative estimate of drug-likeness (QED) is 0.344. The number of halogens is 3. The summed E-state index contributed by atoms with van der Waals surface area (Å²) in [6.07, 6.45) is -4.41. The van der Waals surface area contributed by atoms with Crippen molar-refractivity contribution in [2.45, 2.75) is 26.6 Å². The molecule has 0 aliphatic carbocycles. The van der Waals surface area contributed by atoms with Gasteiger partial charge in [-0.15, -0.1) is 0 Å². The Morgan fingerprint density at radius 2 is 1.69 bits per heavy atom. The van der Waals surface area contributed by atoms with Crippen LogP contribution in [-0.4, -0.2) is 14.9 Å². The molecule has 1 aromatic heterocycles. The topological polar surface area (TPSA) is 41.9 Å². The van der Waals surface area contributed by atoms with E-state index in [1.54, 1.807) is 0 Å². The molecule has 0 bridgehead atoms. The Hall–Kier alpha value is -3.39. The molecule has 0 saturated heterocycles. The summed E-state index contributed by atoms with van der Waals surface area (Å²) in [5.41, 5.74) is 3.02. The first-order chi connectivity index (χ1) is 15.2. The Morgan fingerprint density at radius 1 is 0.969 bits per heavy atom. The van der Waals surface area contributed by atoms with Gasteiger partial charge in [-0.05, 0) is 60.6 Å². The molecule has 1 heterocycles. The Kier molecular flexibility index (Phi) is 5.88. The first-order valence-electron chi connectivity index (χ1n) is 9.98. The summed E-state index contributed by atoms with van der Waals surface area (Å²) in [5.74, 6) is 0. The van der Waals surface area contributed by atoms with Crippen LogP contribution in [0.15, 0.2) is 66.7 Å². The van der Waals surface area contributed by atoms with E-state index >= 15 is 0 Å². The molecule has 0 spiro atoms. The second kappa shape index (κ2) is 8.63. The highest BCUT2D eigenvalue weighted by atomic mass is 32.1. The number of benzene rings is 3. The van der Waals surface area contributed by atoms with Crippen molar-refractivity contribution in [1.82, 2.24) is 9.78 Å². The number of alkyl halides is 3. The van der Waals surface area contributed by atoms with Crippen molar-refractivity contribution in [3.8, 4) is 0 Å². The van der Waals surface area contributed by atoms with Gasteiger partial charge in [-0.3, -0.25) is 4.68 Å². The van der Waals surface area contributed by atoms with Crippen LogP contribution in [0.5, 0.6) is 0 Å². The highest BCUT2D eigenvalue weighted by Gasteiger charge is 2.30. The summed E-state index contributed by atoms with van der Waals surface area (Å²) in [5, 5.41) is 13.1. The molecule has 0 aliphatic rings. The molecule has 0 aliphatic heterocycles. The van der Waals surface area contributed by atoms with E-state index in [0.717, 1.165) is 40.2 Å². The molecular formula is C24H21F3N4S. The minimum atomic E-state index is -4.41. The Balaban J connectivity index is 1.53. The number of nitrogens with zero attached hydrogens (tertiary/aromatic N) is 2. The molecule has 8 heteroatoms. The molecule has 4 rings (SSSR count). The molecule has 164 valence electrons. The summed E-state index contributed by atoms with van der Waals surface area (Å²) >= 11 is 5.34. The van der Waals surface area contributed by atoms with E-state index in [4.69, 9.17) is 12.2 Å². The first kappa shape index (κ1) is 21.8. The Bertz CT molecular complexity index is 1290. The molecule has 2 N–H and O–H groups in total. The van der Waals surface area contributed by atoms with Gasteiger partial charge in [0.25, 0.3) is 0 Å². The minimum absolute atomic E-state index is 0.195. The van der Waals surface area contributed by atoms with Crippen LogP contribution in [0.3, 0.4) is 0 Å². The molecular weight excluding hydrogens is 433 g/mol. The molecule has 0 unspecified atom stereocenters. The molecule has 4 aromatic rings. The average Bonchev–Trinajstić information content (AvgIpc) is 3.01. The number of thiocarbonyl (C=S) groups is 1. The van der Waals surface area contributed by atoms with Gasteiger partial charge >= 0.3 is 6.18 Å². The lowest BCUT2D eigenvalue weighted by Gasteiger charge is -2.13. The zero-order valence-corrected chi connectivity index (χ0v) is 18.3. The van der Waals surface area contributed by atoms with E-state index in [-0.39, 0.29) is 10.8 Å². The average molecular weight is 455 g/mol. The number of fused-ring (bicyclic) bond motifs is 1. The Morgan fingerprint density at radius 3 is 2.47 bits per heavy atom. The van der Waals surface area contributed by atoms with Gasteiger partial charge < -0.3 is 10.6 Å². The fraction of sp³-hybridized carbons (Fsp3) is 0.167. The lowest BCUT2D eigenvalue weighted by atomic mass is 10.0. The predicted octanol–water partition coefficient (Wildman–Crippen LogP) is 6.53. The molecule has 0 radical (unpaired) electrons. The van der Waals surface area contributed by atoms with Gasteiger partial charge in [-0.25, -0.2) is 0 Å². The SMILES string of the molecule is Cc1nn(Cc2cccc3ccccc23)c(C)c1NC(=S)Nc1cccc(C(F)(F)F)c1. The molecule has 3 aromatic carbocycles. The van der Waals surface area contributed by atoms with Gasteiger partial charge in [-0.1, -0.05) is 48.5 Å². The minimum Gasteiger partial charge on any atom is -0.332 e. The fourth-order valence-corrected chi connectivity index (χ4v) is 3.89. The van der Waals surface area contributed by atoms with Crippen LogP contribution in [0.1, 0.15) is 22.5 Å². The van der Waals surface area contributed by atoms with E-state index in [0.29, 0.717) is 6.54 Å². The molecule has 0 amide bonds. The first-order valence-corrected chi connectivity index (χ1v) is 10.4. The summed E-state index contributed by atoms with van der Waals surface area (Å²) in [4.78, 5) is 0. The van der Waals surface area contributed by atoms with Crippen molar-refractivity contribution < 1.29 is 13.2 Å². The second-order valence-corrected chi connectivity index (χ2v) is 7.91. The lowest BCUT2D eigenvalue weighted by Crippen LogP contribution is -2.20. The lowest BCUT2D eigenvalue weighted by molar-refractivity contribution is -0.137. The van der Waals surface area contributed by atoms with E-state index in [9.17, 15) is 13.2 Å².